The molecule has 0 radical (unpaired) electrons. The molecule has 1 fully saturated rings. The van der Waals surface area contributed by atoms with Crippen LogP contribution in [0.3, 0.4) is 0 Å². The lowest BCUT2D eigenvalue weighted by molar-refractivity contribution is 0.422. The van der Waals surface area contributed by atoms with Gasteiger partial charge in [0.15, 0.2) is 0 Å². The highest BCUT2D eigenvalue weighted by Crippen LogP contribution is 2.35. The topological polar surface area (TPSA) is 49.4 Å². The van der Waals surface area contributed by atoms with Gasteiger partial charge in [0, 0.05) is 24.0 Å². The fourth-order valence-electron chi connectivity index (χ4n) is 2.05. The molecule has 0 aliphatic heterocycles. The first-order chi connectivity index (χ1) is 8.50. The van der Waals surface area contributed by atoms with Crippen molar-refractivity contribution in [2.45, 2.75) is 43.5 Å². The van der Waals surface area contributed by atoms with Gasteiger partial charge in [-0.1, -0.05) is 6.92 Å². The first-order valence-corrected chi connectivity index (χ1v) is 8.52. The Bertz CT molecular complexity index is 518. The van der Waals surface area contributed by atoms with Gasteiger partial charge in [-0.15, -0.1) is 11.3 Å². The number of sulfonamides is 1. The van der Waals surface area contributed by atoms with Crippen LogP contribution in [0.15, 0.2) is 10.3 Å². The van der Waals surface area contributed by atoms with E-state index in [-0.39, 0.29) is 6.04 Å². The summed E-state index contributed by atoms with van der Waals surface area (Å²) >= 11 is 1.39. The Morgan fingerprint density at radius 1 is 1.50 bits per heavy atom. The van der Waals surface area contributed by atoms with E-state index >= 15 is 0 Å². The van der Waals surface area contributed by atoms with E-state index in [9.17, 15) is 8.42 Å². The van der Waals surface area contributed by atoms with Gasteiger partial charge in [0.2, 0.25) is 0 Å². The fraction of sp³-hybridized carbons (Fsp3) is 0.667. The molecule has 1 N–H and O–H groups in total. The predicted octanol–water partition coefficient (Wildman–Crippen LogP) is 1.95. The lowest BCUT2D eigenvalue weighted by Gasteiger charge is -2.18. The highest BCUT2D eigenvalue weighted by atomic mass is 32.2. The van der Waals surface area contributed by atoms with Gasteiger partial charge in [0.1, 0.15) is 4.21 Å². The molecule has 2 rings (SSSR count). The second-order valence-electron chi connectivity index (χ2n) is 4.64. The van der Waals surface area contributed by atoms with E-state index < -0.39 is 10.0 Å². The van der Waals surface area contributed by atoms with Crippen molar-refractivity contribution in [1.29, 1.82) is 0 Å². The van der Waals surface area contributed by atoms with Crippen LogP contribution < -0.4 is 5.32 Å². The van der Waals surface area contributed by atoms with E-state index in [1.165, 1.54) is 11.3 Å². The van der Waals surface area contributed by atoms with Gasteiger partial charge in [0.05, 0.1) is 0 Å². The number of nitrogens with zero attached hydrogens (tertiary/aromatic N) is 1. The summed E-state index contributed by atoms with van der Waals surface area (Å²) in [6, 6.07) is 2.03. The molecular weight excluding hydrogens is 268 g/mol. The van der Waals surface area contributed by atoms with Crippen LogP contribution in [0.5, 0.6) is 0 Å². The fourth-order valence-corrected chi connectivity index (χ4v) is 5.48. The van der Waals surface area contributed by atoms with Crippen molar-refractivity contribution in [1.82, 2.24) is 9.62 Å². The monoisotopic (exact) mass is 288 g/mol. The van der Waals surface area contributed by atoms with Crippen LogP contribution >= 0.6 is 11.3 Å². The van der Waals surface area contributed by atoms with Crippen molar-refractivity contribution in [3.05, 3.63) is 16.5 Å². The van der Waals surface area contributed by atoms with E-state index in [2.05, 4.69) is 5.32 Å². The molecule has 0 amide bonds. The molecule has 1 aromatic heterocycles. The van der Waals surface area contributed by atoms with Gasteiger partial charge in [-0.05, 0) is 38.4 Å². The Hall–Kier alpha value is -0.430. The Balaban J connectivity index is 2.31. The molecule has 0 saturated heterocycles. The number of rotatable bonds is 6. The quantitative estimate of drug-likeness (QED) is 0.870. The zero-order valence-corrected chi connectivity index (χ0v) is 12.7. The predicted molar refractivity (Wildman–Crippen MR) is 74.4 cm³/mol. The standard InChI is InChI=1S/C12H20N2O2S2/c1-4-14(10-5-6-10)18(15,16)12-7-9(2)11(17-12)8-13-3/h7,10,13H,4-6,8H2,1-3H3. The summed E-state index contributed by atoms with van der Waals surface area (Å²) in [6.07, 6.45) is 2.00. The van der Waals surface area contributed by atoms with Crippen molar-refractivity contribution in [3.8, 4) is 0 Å². The summed E-state index contributed by atoms with van der Waals surface area (Å²) in [5.41, 5.74) is 1.06. The van der Waals surface area contributed by atoms with Gasteiger partial charge in [-0.25, -0.2) is 8.42 Å². The number of thiophene rings is 1. The molecule has 1 aliphatic carbocycles. The third-order valence-corrected chi connectivity index (χ3v) is 6.88. The summed E-state index contributed by atoms with van der Waals surface area (Å²) in [6.45, 7) is 5.16. The SMILES string of the molecule is CCN(C1CC1)S(=O)(=O)c1cc(C)c(CNC)s1. The minimum absolute atomic E-state index is 0.232. The highest BCUT2D eigenvalue weighted by molar-refractivity contribution is 7.91. The largest absolute Gasteiger partial charge is 0.315 e. The maximum absolute atomic E-state index is 12.5. The average Bonchev–Trinajstić information content (AvgIpc) is 3.05. The zero-order valence-electron chi connectivity index (χ0n) is 11.1. The van der Waals surface area contributed by atoms with Crippen LogP contribution in [0.25, 0.3) is 0 Å². The highest BCUT2D eigenvalue weighted by Gasteiger charge is 2.37. The zero-order chi connectivity index (χ0) is 13.3. The van der Waals surface area contributed by atoms with Crippen LogP contribution in [0.4, 0.5) is 0 Å². The molecule has 0 aromatic carbocycles. The minimum Gasteiger partial charge on any atom is -0.315 e. The van der Waals surface area contributed by atoms with Gasteiger partial charge in [-0.3, -0.25) is 0 Å². The Kier molecular flexibility index (Phi) is 4.11. The minimum atomic E-state index is -3.28. The first-order valence-electron chi connectivity index (χ1n) is 6.26. The third-order valence-electron chi connectivity index (χ3n) is 3.16. The molecule has 1 aliphatic rings. The molecule has 0 spiro atoms. The van der Waals surface area contributed by atoms with Crippen LogP contribution in [0.1, 0.15) is 30.2 Å². The normalized spacial score (nSPS) is 16.4. The Labute approximate surface area is 113 Å². The van der Waals surface area contributed by atoms with Crippen molar-refractivity contribution in [3.63, 3.8) is 0 Å². The lowest BCUT2D eigenvalue weighted by Crippen LogP contribution is -2.32. The summed E-state index contributed by atoms with van der Waals surface area (Å²) < 4.78 is 27.2. The van der Waals surface area contributed by atoms with E-state index in [4.69, 9.17) is 0 Å². The molecule has 6 heteroatoms. The molecule has 1 aromatic rings. The molecule has 4 nitrogen and oxygen atoms in total. The Morgan fingerprint density at radius 2 is 2.17 bits per heavy atom. The second kappa shape index (κ2) is 5.28. The molecule has 18 heavy (non-hydrogen) atoms. The molecule has 0 unspecified atom stereocenters. The molecule has 1 heterocycles. The molecule has 0 atom stereocenters. The molecular formula is C12H20N2O2S2. The lowest BCUT2D eigenvalue weighted by atomic mass is 10.3. The summed E-state index contributed by atoms with van der Waals surface area (Å²) in [7, 11) is -1.41. The van der Waals surface area contributed by atoms with Gasteiger partial charge in [0.25, 0.3) is 10.0 Å². The summed E-state index contributed by atoms with van der Waals surface area (Å²) in [5.74, 6) is 0. The van der Waals surface area contributed by atoms with Crippen LogP contribution in [0, 0.1) is 6.92 Å². The number of nitrogens with one attached hydrogen (secondary N) is 1. The van der Waals surface area contributed by atoms with Crippen molar-refractivity contribution >= 4 is 21.4 Å². The van der Waals surface area contributed by atoms with E-state index in [0.717, 1.165) is 29.8 Å². The number of hydrogen-bond acceptors (Lipinski definition) is 4. The van der Waals surface area contributed by atoms with Crippen molar-refractivity contribution in [2.24, 2.45) is 0 Å². The van der Waals surface area contributed by atoms with Crippen molar-refractivity contribution in [2.75, 3.05) is 13.6 Å². The van der Waals surface area contributed by atoms with Crippen molar-refractivity contribution < 1.29 is 8.42 Å². The smallest absolute Gasteiger partial charge is 0.252 e. The van der Waals surface area contributed by atoms with Gasteiger partial charge < -0.3 is 5.32 Å². The van der Waals surface area contributed by atoms with E-state index in [1.54, 1.807) is 10.4 Å². The first kappa shape index (κ1) is 14.0. The van der Waals surface area contributed by atoms with Gasteiger partial charge in [-0.2, -0.15) is 4.31 Å². The van der Waals surface area contributed by atoms with Crippen LogP contribution in [-0.4, -0.2) is 32.4 Å². The number of aryl methyl sites for hydroxylation is 1. The maximum atomic E-state index is 12.5. The number of hydrogen-bond donors (Lipinski definition) is 1. The van der Waals surface area contributed by atoms with E-state index in [0.29, 0.717) is 10.8 Å². The average molecular weight is 288 g/mol. The Morgan fingerprint density at radius 3 is 2.67 bits per heavy atom. The molecule has 102 valence electrons. The second-order valence-corrected chi connectivity index (χ2v) is 7.90. The molecule has 1 saturated carbocycles. The summed E-state index contributed by atoms with van der Waals surface area (Å²) in [5, 5.41) is 3.07. The van der Waals surface area contributed by atoms with Crippen LogP contribution in [0.2, 0.25) is 0 Å². The molecule has 0 bridgehead atoms. The summed E-state index contributed by atoms with van der Waals surface area (Å²) in [4.78, 5) is 1.10. The van der Waals surface area contributed by atoms with E-state index in [1.807, 2.05) is 20.9 Å². The van der Waals surface area contributed by atoms with Gasteiger partial charge >= 0.3 is 0 Å². The third kappa shape index (κ3) is 2.61. The van der Waals surface area contributed by atoms with Crippen LogP contribution in [-0.2, 0) is 16.6 Å². The maximum Gasteiger partial charge on any atom is 0.252 e.